The van der Waals surface area contributed by atoms with Gasteiger partial charge in [-0.15, -0.1) is 0 Å². The molecule has 2 saturated carbocycles. The summed E-state index contributed by atoms with van der Waals surface area (Å²) in [5.74, 6) is 2.68. The van der Waals surface area contributed by atoms with E-state index in [1.54, 1.807) is 0 Å². The molecule has 2 nitrogen and oxygen atoms in total. The summed E-state index contributed by atoms with van der Waals surface area (Å²) in [4.78, 5) is 2.67. The van der Waals surface area contributed by atoms with Gasteiger partial charge in [0.25, 0.3) is 0 Å². The second kappa shape index (κ2) is 7.97. The van der Waals surface area contributed by atoms with Crippen molar-refractivity contribution in [2.24, 2.45) is 23.5 Å². The molecule has 2 rings (SSSR count). The summed E-state index contributed by atoms with van der Waals surface area (Å²) in [6.45, 7) is 6.92. The van der Waals surface area contributed by atoms with Gasteiger partial charge in [-0.05, 0) is 56.9 Å². The number of hydrogen-bond donors (Lipinski definition) is 1. The molecule has 0 aliphatic heterocycles. The molecule has 2 aliphatic carbocycles. The average Bonchev–Trinajstić information content (AvgIpc) is 2.71. The van der Waals surface area contributed by atoms with Gasteiger partial charge in [-0.25, -0.2) is 0 Å². The second-order valence-electron chi connectivity index (χ2n) is 8.25. The largest absolute Gasteiger partial charge is 0.329 e. The number of hydrogen-bond acceptors (Lipinski definition) is 2. The van der Waals surface area contributed by atoms with Crippen LogP contribution >= 0.6 is 0 Å². The second-order valence-corrected chi connectivity index (χ2v) is 8.25. The van der Waals surface area contributed by atoms with E-state index in [1.807, 2.05) is 0 Å². The van der Waals surface area contributed by atoms with Crippen molar-refractivity contribution in [2.45, 2.75) is 83.6 Å². The van der Waals surface area contributed by atoms with Crippen LogP contribution in [0.5, 0.6) is 0 Å². The molecule has 0 saturated heterocycles. The fourth-order valence-corrected chi connectivity index (χ4v) is 4.78. The summed E-state index contributed by atoms with van der Waals surface area (Å²) in [6.07, 6.45) is 14.0. The van der Waals surface area contributed by atoms with E-state index in [9.17, 15) is 0 Å². The highest BCUT2D eigenvalue weighted by molar-refractivity contribution is 4.94. The summed E-state index contributed by atoms with van der Waals surface area (Å²) in [7, 11) is 2.36. The van der Waals surface area contributed by atoms with Gasteiger partial charge in [0, 0.05) is 18.6 Å². The van der Waals surface area contributed by atoms with Gasteiger partial charge in [0.15, 0.2) is 0 Å². The molecule has 0 bridgehead atoms. The predicted molar refractivity (Wildman–Crippen MR) is 92.4 cm³/mol. The maximum Gasteiger partial charge on any atom is 0.0328 e. The van der Waals surface area contributed by atoms with Crippen molar-refractivity contribution in [3.05, 3.63) is 0 Å². The van der Waals surface area contributed by atoms with Gasteiger partial charge < -0.3 is 5.73 Å². The number of rotatable bonds is 5. The Morgan fingerprint density at radius 3 is 2.33 bits per heavy atom. The van der Waals surface area contributed by atoms with Gasteiger partial charge in [0.05, 0.1) is 0 Å². The van der Waals surface area contributed by atoms with E-state index in [4.69, 9.17) is 5.73 Å². The summed E-state index contributed by atoms with van der Waals surface area (Å²) in [6, 6.07) is 0. The van der Waals surface area contributed by atoms with Crippen molar-refractivity contribution in [2.75, 3.05) is 20.1 Å². The van der Waals surface area contributed by atoms with E-state index >= 15 is 0 Å². The van der Waals surface area contributed by atoms with Gasteiger partial charge in [-0.1, -0.05) is 46.0 Å². The third-order valence-corrected chi connectivity index (χ3v) is 6.59. The van der Waals surface area contributed by atoms with Crippen molar-refractivity contribution < 1.29 is 0 Å². The summed E-state index contributed by atoms with van der Waals surface area (Å²) in [5.41, 5.74) is 6.59. The molecule has 0 aromatic rings. The lowest BCUT2D eigenvalue weighted by Crippen LogP contribution is -2.53. The van der Waals surface area contributed by atoms with Crippen LogP contribution in [-0.2, 0) is 0 Å². The van der Waals surface area contributed by atoms with E-state index < -0.39 is 0 Å². The van der Waals surface area contributed by atoms with Crippen LogP contribution in [-0.4, -0.2) is 30.6 Å². The van der Waals surface area contributed by atoms with E-state index in [0.717, 1.165) is 24.3 Å². The molecule has 2 aliphatic rings. The van der Waals surface area contributed by atoms with E-state index in [1.165, 1.54) is 70.8 Å². The number of likely N-dealkylation sites (N-methyl/N-ethyl adjacent to an activating group) is 1. The van der Waals surface area contributed by atoms with Crippen LogP contribution in [0.2, 0.25) is 0 Å². The van der Waals surface area contributed by atoms with Crippen LogP contribution in [0.4, 0.5) is 0 Å². The maximum absolute atomic E-state index is 6.29. The first kappa shape index (κ1) is 17.3. The smallest absolute Gasteiger partial charge is 0.0328 e. The predicted octanol–water partition coefficient (Wildman–Crippen LogP) is 4.43. The molecule has 21 heavy (non-hydrogen) atoms. The van der Waals surface area contributed by atoms with Crippen LogP contribution in [0.25, 0.3) is 0 Å². The molecule has 0 amide bonds. The lowest BCUT2D eigenvalue weighted by atomic mass is 9.83. The number of nitrogens with zero attached hydrogens (tertiary/aromatic N) is 1. The van der Waals surface area contributed by atoms with Crippen LogP contribution in [0.1, 0.15) is 78.1 Å². The summed E-state index contributed by atoms with van der Waals surface area (Å²) < 4.78 is 0. The normalized spacial score (nSPS) is 32.6. The van der Waals surface area contributed by atoms with Gasteiger partial charge in [0.2, 0.25) is 0 Å². The zero-order valence-electron chi connectivity index (χ0n) is 14.7. The highest BCUT2D eigenvalue weighted by Crippen LogP contribution is 2.37. The van der Waals surface area contributed by atoms with Crippen LogP contribution in [0.3, 0.4) is 0 Å². The highest BCUT2D eigenvalue weighted by atomic mass is 15.2. The van der Waals surface area contributed by atoms with Crippen LogP contribution in [0, 0.1) is 17.8 Å². The molecule has 2 fully saturated rings. The van der Waals surface area contributed by atoms with Gasteiger partial charge in [-0.2, -0.15) is 0 Å². The molecule has 0 aromatic carbocycles. The number of nitrogens with two attached hydrogens (primary N) is 1. The summed E-state index contributed by atoms with van der Waals surface area (Å²) >= 11 is 0. The maximum atomic E-state index is 6.29. The van der Waals surface area contributed by atoms with Crippen molar-refractivity contribution in [1.82, 2.24) is 4.90 Å². The minimum absolute atomic E-state index is 0.293. The lowest BCUT2D eigenvalue weighted by Gasteiger charge is -2.43. The fraction of sp³-hybridized carbons (Fsp3) is 1.00. The minimum atomic E-state index is 0.293. The standard InChI is InChI=1S/C19H38N2/c1-16(2)18-10-7-12-19(15-20,13-11-18)21(3)14-17-8-5-4-6-9-17/h16-18H,4-15,20H2,1-3H3. The Bertz CT molecular complexity index is 296. The monoisotopic (exact) mass is 294 g/mol. The van der Waals surface area contributed by atoms with Crippen LogP contribution in [0.15, 0.2) is 0 Å². The van der Waals surface area contributed by atoms with Gasteiger partial charge in [-0.3, -0.25) is 4.90 Å². The molecular weight excluding hydrogens is 256 g/mol. The quantitative estimate of drug-likeness (QED) is 0.760. The topological polar surface area (TPSA) is 29.3 Å². The van der Waals surface area contributed by atoms with E-state index in [2.05, 4.69) is 25.8 Å². The first-order valence-corrected chi connectivity index (χ1v) is 9.49. The lowest BCUT2D eigenvalue weighted by molar-refractivity contribution is 0.0792. The average molecular weight is 295 g/mol. The third kappa shape index (κ3) is 4.45. The Hall–Kier alpha value is -0.0800. The molecule has 0 aromatic heterocycles. The van der Waals surface area contributed by atoms with Gasteiger partial charge in [0.1, 0.15) is 0 Å². The Balaban J connectivity index is 1.95. The Labute approximate surface area is 132 Å². The van der Waals surface area contributed by atoms with E-state index in [0.29, 0.717) is 5.54 Å². The van der Waals surface area contributed by atoms with Crippen molar-refractivity contribution in [1.29, 1.82) is 0 Å². The molecular formula is C19H38N2. The van der Waals surface area contributed by atoms with Crippen molar-refractivity contribution >= 4 is 0 Å². The molecule has 2 N–H and O–H groups in total. The molecule has 0 spiro atoms. The molecule has 2 atom stereocenters. The fourth-order valence-electron chi connectivity index (χ4n) is 4.78. The Kier molecular flexibility index (Phi) is 6.55. The van der Waals surface area contributed by atoms with Crippen LogP contribution < -0.4 is 5.73 Å². The molecule has 2 unspecified atom stereocenters. The first-order chi connectivity index (χ1) is 10.1. The zero-order valence-corrected chi connectivity index (χ0v) is 14.7. The minimum Gasteiger partial charge on any atom is -0.329 e. The molecule has 124 valence electrons. The molecule has 0 heterocycles. The Morgan fingerprint density at radius 2 is 1.71 bits per heavy atom. The molecule has 0 radical (unpaired) electrons. The van der Waals surface area contributed by atoms with Crippen molar-refractivity contribution in [3.63, 3.8) is 0 Å². The highest BCUT2D eigenvalue weighted by Gasteiger charge is 2.36. The molecule has 2 heteroatoms. The zero-order chi connectivity index (χ0) is 15.3. The van der Waals surface area contributed by atoms with Gasteiger partial charge >= 0.3 is 0 Å². The summed E-state index contributed by atoms with van der Waals surface area (Å²) in [5, 5.41) is 0. The SMILES string of the molecule is CC(C)C1CCCC(CN)(N(C)CC2CCCCC2)CC1. The third-order valence-electron chi connectivity index (χ3n) is 6.59. The first-order valence-electron chi connectivity index (χ1n) is 9.49. The van der Waals surface area contributed by atoms with E-state index in [-0.39, 0.29) is 0 Å². The Morgan fingerprint density at radius 1 is 1.00 bits per heavy atom. The van der Waals surface area contributed by atoms with Crippen molar-refractivity contribution in [3.8, 4) is 0 Å².